The summed E-state index contributed by atoms with van der Waals surface area (Å²) in [5, 5.41) is 6.33. The molecule has 2 aromatic rings. The highest BCUT2D eigenvalue weighted by atomic mass is 16.5. The summed E-state index contributed by atoms with van der Waals surface area (Å²) < 4.78 is 4.90. The lowest BCUT2D eigenvalue weighted by Gasteiger charge is -2.18. The first kappa shape index (κ1) is 22.7. The van der Waals surface area contributed by atoms with Crippen LogP contribution in [0, 0.1) is 6.92 Å². The van der Waals surface area contributed by atoms with Crippen LogP contribution in [0.3, 0.4) is 0 Å². The molecule has 0 saturated carbocycles. The second kappa shape index (κ2) is 10.9. The van der Waals surface area contributed by atoms with Gasteiger partial charge in [-0.1, -0.05) is 42.6 Å². The van der Waals surface area contributed by atoms with Crippen LogP contribution in [-0.2, 0) is 4.79 Å². The summed E-state index contributed by atoms with van der Waals surface area (Å²) in [6, 6.07) is 4.99. The number of anilines is 1. The Kier molecular flexibility index (Phi) is 7.70. The summed E-state index contributed by atoms with van der Waals surface area (Å²) in [5.74, 6) is 0.491. The van der Waals surface area contributed by atoms with Gasteiger partial charge in [-0.25, -0.2) is 4.98 Å². The number of aryl methyl sites for hydroxylation is 1. The van der Waals surface area contributed by atoms with Crippen molar-refractivity contribution in [3.05, 3.63) is 96.1 Å². The Hall–Kier alpha value is -4.00. The van der Waals surface area contributed by atoms with Crippen LogP contribution in [-0.4, -0.2) is 39.9 Å². The number of hydrogen-bond donors (Lipinski definition) is 1. The molecule has 1 aliphatic rings. The summed E-state index contributed by atoms with van der Waals surface area (Å²) in [4.78, 5) is 30.8. The third kappa shape index (κ3) is 6.01. The van der Waals surface area contributed by atoms with E-state index in [0.717, 1.165) is 24.0 Å². The fourth-order valence-corrected chi connectivity index (χ4v) is 3.28. The molecular formula is C25H26N4O3. The van der Waals surface area contributed by atoms with E-state index in [1.165, 1.54) is 5.57 Å². The molecule has 0 fully saturated rings. The molecular weight excluding hydrogens is 404 g/mol. The summed E-state index contributed by atoms with van der Waals surface area (Å²) >= 11 is 0. The van der Waals surface area contributed by atoms with Crippen molar-refractivity contribution in [2.45, 2.75) is 19.8 Å². The van der Waals surface area contributed by atoms with E-state index in [9.17, 15) is 9.59 Å². The van der Waals surface area contributed by atoms with Crippen molar-refractivity contribution < 1.29 is 14.1 Å². The lowest BCUT2D eigenvalue weighted by Crippen LogP contribution is -2.30. The molecule has 0 radical (unpaired) electrons. The molecule has 0 spiro atoms. The highest BCUT2D eigenvalue weighted by Gasteiger charge is 2.15. The van der Waals surface area contributed by atoms with E-state index < -0.39 is 5.91 Å². The Bertz CT molecular complexity index is 1090. The molecule has 0 aliphatic carbocycles. The van der Waals surface area contributed by atoms with Gasteiger partial charge in [0, 0.05) is 31.4 Å². The number of amides is 2. The fraction of sp³-hybridized carbons (Fsp3) is 0.200. The van der Waals surface area contributed by atoms with Crippen LogP contribution in [0.4, 0.5) is 5.82 Å². The molecule has 2 amide bonds. The topological polar surface area (TPSA) is 88.3 Å². The number of hydrogen-bond acceptors (Lipinski definition) is 5. The molecule has 164 valence electrons. The largest absolute Gasteiger partial charge is 0.361 e. The Labute approximate surface area is 187 Å². The summed E-state index contributed by atoms with van der Waals surface area (Å²) in [5.41, 5.74) is 3.17. The van der Waals surface area contributed by atoms with Crippen LogP contribution in [0.25, 0.3) is 6.08 Å². The van der Waals surface area contributed by atoms with Crippen LogP contribution in [0.2, 0.25) is 0 Å². The van der Waals surface area contributed by atoms with Crippen molar-refractivity contribution in [3.8, 4) is 0 Å². The molecule has 3 heterocycles. The van der Waals surface area contributed by atoms with Gasteiger partial charge in [0.2, 0.25) is 5.91 Å². The molecule has 1 aliphatic heterocycles. The van der Waals surface area contributed by atoms with E-state index in [1.54, 1.807) is 49.5 Å². The van der Waals surface area contributed by atoms with Gasteiger partial charge in [-0.15, -0.1) is 0 Å². The SMILES string of the molecule is C=C/C=C(\C=C)C1=CCCN(C(=O)/C=C/c2ccc(NC(=O)c3cc(C)on3)nc2)CC1. The number of nitrogens with one attached hydrogen (secondary N) is 1. The average molecular weight is 431 g/mol. The number of aromatic nitrogens is 2. The van der Waals surface area contributed by atoms with E-state index in [1.807, 2.05) is 17.1 Å². The van der Waals surface area contributed by atoms with Gasteiger partial charge < -0.3 is 14.7 Å². The summed E-state index contributed by atoms with van der Waals surface area (Å²) in [6.07, 6.45) is 14.1. The van der Waals surface area contributed by atoms with Crippen molar-refractivity contribution in [2.24, 2.45) is 0 Å². The minimum absolute atomic E-state index is 0.0497. The van der Waals surface area contributed by atoms with Crippen LogP contribution >= 0.6 is 0 Å². The zero-order valence-electron chi connectivity index (χ0n) is 18.1. The summed E-state index contributed by atoms with van der Waals surface area (Å²) in [6.45, 7) is 10.6. The molecule has 0 aromatic carbocycles. The fourth-order valence-electron chi connectivity index (χ4n) is 3.28. The number of pyridine rings is 1. The predicted octanol–water partition coefficient (Wildman–Crippen LogP) is 4.49. The minimum atomic E-state index is -0.399. The molecule has 7 heteroatoms. The lowest BCUT2D eigenvalue weighted by atomic mass is 10.0. The standard InChI is InChI=1S/C25H26N4O3/c1-4-7-20(5-2)21-8-6-14-29(15-13-21)24(30)12-10-19-9-11-23(26-17-19)27-25(31)22-16-18(3)32-28-22/h4-5,7-12,16-17H,1-2,6,13-15H2,3H3,(H,26,27,31)/b12-10+,20-7+. The van der Waals surface area contributed by atoms with Crippen LogP contribution in [0.15, 0.2) is 83.6 Å². The number of rotatable bonds is 7. The maximum atomic E-state index is 12.6. The van der Waals surface area contributed by atoms with Gasteiger partial charge in [0.1, 0.15) is 11.6 Å². The van der Waals surface area contributed by atoms with Crippen molar-refractivity contribution in [2.75, 3.05) is 18.4 Å². The van der Waals surface area contributed by atoms with Gasteiger partial charge in [0.15, 0.2) is 5.69 Å². The molecule has 32 heavy (non-hydrogen) atoms. The normalized spacial score (nSPS) is 14.6. The first-order valence-electron chi connectivity index (χ1n) is 10.3. The van der Waals surface area contributed by atoms with Gasteiger partial charge in [-0.3, -0.25) is 9.59 Å². The van der Waals surface area contributed by atoms with E-state index in [4.69, 9.17) is 4.52 Å². The molecule has 0 unspecified atom stereocenters. The number of allylic oxidation sites excluding steroid dienone is 4. The van der Waals surface area contributed by atoms with Crippen molar-refractivity contribution in [1.82, 2.24) is 15.0 Å². The van der Waals surface area contributed by atoms with Crippen LogP contribution in [0.1, 0.15) is 34.7 Å². The van der Waals surface area contributed by atoms with Gasteiger partial charge in [-0.05, 0) is 54.7 Å². The Morgan fingerprint density at radius 3 is 2.75 bits per heavy atom. The minimum Gasteiger partial charge on any atom is -0.361 e. The van der Waals surface area contributed by atoms with E-state index in [0.29, 0.717) is 24.7 Å². The molecule has 0 atom stereocenters. The maximum absolute atomic E-state index is 12.6. The maximum Gasteiger partial charge on any atom is 0.279 e. The van der Waals surface area contributed by atoms with Gasteiger partial charge in [0.25, 0.3) is 5.91 Å². The molecule has 7 nitrogen and oxygen atoms in total. The molecule has 0 bridgehead atoms. The molecule has 2 aromatic heterocycles. The Balaban J connectivity index is 1.55. The quantitative estimate of drug-likeness (QED) is 0.516. The van der Waals surface area contributed by atoms with Crippen LogP contribution < -0.4 is 5.32 Å². The lowest BCUT2D eigenvalue weighted by molar-refractivity contribution is -0.125. The highest BCUT2D eigenvalue weighted by molar-refractivity contribution is 6.02. The van der Waals surface area contributed by atoms with Crippen molar-refractivity contribution in [3.63, 3.8) is 0 Å². The Morgan fingerprint density at radius 1 is 1.25 bits per heavy atom. The third-order valence-corrected chi connectivity index (χ3v) is 4.95. The van der Waals surface area contributed by atoms with Crippen molar-refractivity contribution in [1.29, 1.82) is 0 Å². The van der Waals surface area contributed by atoms with E-state index in [2.05, 4.69) is 34.7 Å². The zero-order chi connectivity index (χ0) is 22.9. The number of carbonyl (C=O) groups is 2. The molecule has 3 rings (SSSR count). The van der Waals surface area contributed by atoms with E-state index >= 15 is 0 Å². The van der Waals surface area contributed by atoms with E-state index in [-0.39, 0.29) is 11.6 Å². The second-order valence-corrected chi connectivity index (χ2v) is 7.24. The molecule has 0 saturated heterocycles. The molecule has 1 N–H and O–H groups in total. The van der Waals surface area contributed by atoms with Gasteiger partial charge in [0.05, 0.1) is 0 Å². The monoisotopic (exact) mass is 430 g/mol. The smallest absolute Gasteiger partial charge is 0.279 e. The van der Waals surface area contributed by atoms with Gasteiger partial charge >= 0.3 is 0 Å². The number of carbonyl (C=O) groups excluding carboxylic acids is 2. The average Bonchev–Trinajstić information content (AvgIpc) is 3.09. The summed E-state index contributed by atoms with van der Waals surface area (Å²) in [7, 11) is 0. The van der Waals surface area contributed by atoms with Gasteiger partial charge in [-0.2, -0.15) is 0 Å². The van der Waals surface area contributed by atoms with Crippen molar-refractivity contribution >= 4 is 23.7 Å². The predicted molar refractivity (Wildman–Crippen MR) is 125 cm³/mol. The Morgan fingerprint density at radius 2 is 2.09 bits per heavy atom. The zero-order valence-corrected chi connectivity index (χ0v) is 18.1. The highest BCUT2D eigenvalue weighted by Crippen LogP contribution is 2.20. The third-order valence-electron chi connectivity index (χ3n) is 4.95. The first-order valence-corrected chi connectivity index (χ1v) is 10.3. The number of nitrogens with zero attached hydrogens (tertiary/aromatic N) is 3. The second-order valence-electron chi connectivity index (χ2n) is 7.24. The first-order chi connectivity index (χ1) is 15.5. The van der Waals surface area contributed by atoms with Crippen LogP contribution in [0.5, 0.6) is 0 Å².